The van der Waals surface area contributed by atoms with Crippen LogP contribution in [-0.4, -0.2) is 39.1 Å². The standard InChI is InChI=1S/C22H27FN4S/c1-22(2,3)21-25-18-14-16(28-17-8-9-24-20(23)15-17)6-7-19(18)27(21)13-12-26-10-4-5-11-26/h6-9,14-15H,4-5,10-13H2,1-3H3. The Balaban J connectivity index is 1.65. The van der Waals surface area contributed by atoms with Crippen molar-refractivity contribution >= 4 is 22.8 Å². The van der Waals surface area contributed by atoms with Crippen molar-refractivity contribution in [3.8, 4) is 0 Å². The minimum absolute atomic E-state index is 0.0223. The molecule has 3 heterocycles. The monoisotopic (exact) mass is 398 g/mol. The van der Waals surface area contributed by atoms with Gasteiger partial charge in [-0.25, -0.2) is 9.97 Å². The van der Waals surface area contributed by atoms with Gasteiger partial charge in [-0.15, -0.1) is 0 Å². The molecule has 1 saturated heterocycles. The Morgan fingerprint density at radius 2 is 1.79 bits per heavy atom. The lowest BCUT2D eigenvalue weighted by molar-refractivity contribution is 0.318. The van der Waals surface area contributed by atoms with Gasteiger partial charge < -0.3 is 9.47 Å². The van der Waals surface area contributed by atoms with Gasteiger partial charge in [-0.3, -0.25) is 0 Å². The zero-order valence-corrected chi connectivity index (χ0v) is 17.6. The molecule has 2 aromatic heterocycles. The minimum Gasteiger partial charge on any atom is -0.326 e. The molecule has 6 heteroatoms. The topological polar surface area (TPSA) is 34.0 Å². The number of hydrogen-bond acceptors (Lipinski definition) is 4. The lowest BCUT2D eigenvalue weighted by Crippen LogP contribution is -2.27. The van der Waals surface area contributed by atoms with Crippen LogP contribution in [0.4, 0.5) is 4.39 Å². The second-order valence-electron chi connectivity index (χ2n) is 8.45. The van der Waals surface area contributed by atoms with Gasteiger partial charge in [0.2, 0.25) is 5.95 Å². The quantitative estimate of drug-likeness (QED) is 0.559. The van der Waals surface area contributed by atoms with E-state index in [2.05, 4.69) is 53.4 Å². The summed E-state index contributed by atoms with van der Waals surface area (Å²) in [6.07, 6.45) is 4.13. The fraction of sp³-hybridized carbons (Fsp3) is 0.455. The van der Waals surface area contributed by atoms with Gasteiger partial charge in [0, 0.05) is 40.6 Å². The highest BCUT2D eigenvalue weighted by Crippen LogP contribution is 2.32. The molecule has 0 amide bonds. The molecule has 0 atom stereocenters. The van der Waals surface area contributed by atoms with Crippen LogP contribution in [0.1, 0.15) is 39.4 Å². The van der Waals surface area contributed by atoms with Crippen LogP contribution in [0.25, 0.3) is 11.0 Å². The smallest absolute Gasteiger partial charge is 0.213 e. The first-order valence-electron chi connectivity index (χ1n) is 9.93. The number of benzene rings is 1. The lowest BCUT2D eigenvalue weighted by atomic mass is 9.95. The maximum atomic E-state index is 13.4. The fourth-order valence-corrected chi connectivity index (χ4v) is 4.67. The van der Waals surface area contributed by atoms with Crippen molar-refractivity contribution in [1.82, 2.24) is 19.4 Å². The molecule has 0 unspecified atom stereocenters. The van der Waals surface area contributed by atoms with E-state index >= 15 is 0 Å². The van der Waals surface area contributed by atoms with Gasteiger partial charge >= 0.3 is 0 Å². The number of pyridine rings is 1. The zero-order valence-electron chi connectivity index (χ0n) is 16.8. The van der Waals surface area contributed by atoms with Crippen LogP contribution in [0, 0.1) is 5.95 Å². The third-order valence-electron chi connectivity index (χ3n) is 5.16. The number of imidazole rings is 1. The van der Waals surface area contributed by atoms with Crippen LogP contribution in [0.5, 0.6) is 0 Å². The first kappa shape index (κ1) is 19.4. The van der Waals surface area contributed by atoms with Crippen molar-refractivity contribution in [2.45, 2.75) is 55.4 Å². The summed E-state index contributed by atoms with van der Waals surface area (Å²) in [7, 11) is 0. The highest BCUT2D eigenvalue weighted by Gasteiger charge is 2.23. The van der Waals surface area contributed by atoms with E-state index in [-0.39, 0.29) is 5.41 Å². The number of nitrogens with zero attached hydrogens (tertiary/aromatic N) is 4. The first-order valence-corrected chi connectivity index (χ1v) is 10.7. The molecule has 0 N–H and O–H groups in total. The third kappa shape index (κ3) is 4.23. The molecular formula is C22H27FN4S. The summed E-state index contributed by atoms with van der Waals surface area (Å²) < 4.78 is 15.8. The Labute approximate surface area is 170 Å². The largest absolute Gasteiger partial charge is 0.326 e. The molecule has 0 spiro atoms. The van der Waals surface area contributed by atoms with Gasteiger partial charge in [-0.1, -0.05) is 32.5 Å². The lowest BCUT2D eigenvalue weighted by Gasteiger charge is -2.22. The van der Waals surface area contributed by atoms with Gasteiger partial charge in [0.1, 0.15) is 5.82 Å². The SMILES string of the molecule is CC(C)(C)c1nc2cc(Sc3ccnc(F)c3)ccc2n1CCN1CCCC1. The maximum absolute atomic E-state index is 13.4. The van der Waals surface area contributed by atoms with Gasteiger partial charge in [-0.2, -0.15) is 4.39 Å². The highest BCUT2D eigenvalue weighted by molar-refractivity contribution is 7.99. The van der Waals surface area contributed by atoms with E-state index in [9.17, 15) is 4.39 Å². The Morgan fingerprint density at radius 1 is 1.04 bits per heavy atom. The normalized spacial score (nSPS) is 15.6. The van der Waals surface area contributed by atoms with Gasteiger partial charge in [0.15, 0.2) is 0 Å². The highest BCUT2D eigenvalue weighted by atomic mass is 32.2. The van der Waals surface area contributed by atoms with Crippen molar-refractivity contribution in [1.29, 1.82) is 0 Å². The summed E-state index contributed by atoms with van der Waals surface area (Å²) in [5.41, 5.74) is 2.16. The van der Waals surface area contributed by atoms with E-state index in [1.165, 1.54) is 55.5 Å². The summed E-state index contributed by atoms with van der Waals surface area (Å²) >= 11 is 1.54. The van der Waals surface area contributed by atoms with E-state index in [1.807, 2.05) is 6.07 Å². The zero-order chi connectivity index (χ0) is 19.7. The Bertz CT molecular complexity index is 970. The number of halogens is 1. The number of hydrogen-bond donors (Lipinski definition) is 0. The molecule has 4 rings (SSSR count). The van der Waals surface area contributed by atoms with Crippen LogP contribution in [0.15, 0.2) is 46.3 Å². The second kappa shape index (κ2) is 7.84. The fourth-order valence-electron chi connectivity index (χ4n) is 3.80. The van der Waals surface area contributed by atoms with Gasteiger partial charge in [-0.05, 0) is 50.2 Å². The number of rotatable bonds is 5. The van der Waals surface area contributed by atoms with Crippen molar-refractivity contribution in [2.24, 2.45) is 0 Å². The molecule has 3 aromatic rings. The molecule has 0 saturated carbocycles. The Morgan fingerprint density at radius 3 is 2.50 bits per heavy atom. The van der Waals surface area contributed by atoms with E-state index in [4.69, 9.17) is 4.98 Å². The predicted octanol–water partition coefficient (Wildman–Crippen LogP) is 5.11. The van der Waals surface area contributed by atoms with Crippen LogP contribution in [-0.2, 0) is 12.0 Å². The number of fused-ring (bicyclic) bond motifs is 1. The number of aromatic nitrogens is 3. The van der Waals surface area contributed by atoms with E-state index in [1.54, 1.807) is 0 Å². The predicted molar refractivity (Wildman–Crippen MR) is 112 cm³/mol. The molecule has 4 nitrogen and oxygen atoms in total. The van der Waals surface area contributed by atoms with E-state index in [0.717, 1.165) is 34.2 Å². The van der Waals surface area contributed by atoms with Crippen LogP contribution in [0.2, 0.25) is 0 Å². The summed E-state index contributed by atoms with van der Waals surface area (Å²) in [5.74, 6) is 0.672. The van der Waals surface area contributed by atoms with E-state index in [0.29, 0.717) is 0 Å². The minimum atomic E-state index is -0.452. The average molecular weight is 399 g/mol. The summed E-state index contributed by atoms with van der Waals surface area (Å²) in [6.45, 7) is 11.1. The molecule has 0 aliphatic carbocycles. The molecular weight excluding hydrogens is 371 g/mol. The third-order valence-corrected chi connectivity index (χ3v) is 6.14. The first-order chi connectivity index (χ1) is 13.4. The summed E-state index contributed by atoms with van der Waals surface area (Å²) in [5, 5.41) is 0. The average Bonchev–Trinajstić information content (AvgIpc) is 3.26. The molecule has 28 heavy (non-hydrogen) atoms. The molecule has 1 fully saturated rings. The molecule has 1 aliphatic heterocycles. The van der Waals surface area contributed by atoms with Crippen molar-refractivity contribution in [2.75, 3.05) is 19.6 Å². The summed E-state index contributed by atoms with van der Waals surface area (Å²) in [6, 6.07) is 9.66. The van der Waals surface area contributed by atoms with Crippen LogP contribution in [0.3, 0.4) is 0 Å². The Kier molecular flexibility index (Phi) is 5.43. The maximum Gasteiger partial charge on any atom is 0.213 e. The van der Waals surface area contributed by atoms with E-state index < -0.39 is 5.95 Å². The molecule has 1 aromatic carbocycles. The van der Waals surface area contributed by atoms with Crippen LogP contribution >= 0.6 is 11.8 Å². The Hall–Kier alpha value is -1.92. The van der Waals surface area contributed by atoms with Gasteiger partial charge in [0.05, 0.1) is 11.0 Å². The van der Waals surface area contributed by atoms with Crippen molar-refractivity contribution < 1.29 is 4.39 Å². The molecule has 148 valence electrons. The van der Waals surface area contributed by atoms with Gasteiger partial charge in [0.25, 0.3) is 0 Å². The molecule has 1 aliphatic rings. The van der Waals surface area contributed by atoms with Crippen molar-refractivity contribution in [3.05, 3.63) is 48.3 Å². The second-order valence-corrected chi connectivity index (χ2v) is 9.60. The molecule has 0 bridgehead atoms. The molecule has 0 radical (unpaired) electrons. The number of likely N-dealkylation sites (tertiary alicyclic amines) is 1. The van der Waals surface area contributed by atoms with Crippen molar-refractivity contribution in [3.63, 3.8) is 0 Å². The van der Waals surface area contributed by atoms with Crippen LogP contribution < -0.4 is 0 Å². The summed E-state index contributed by atoms with van der Waals surface area (Å²) in [4.78, 5) is 13.1.